The van der Waals surface area contributed by atoms with Gasteiger partial charge in [0, 0.05) is 23.4 Å². The number of oxime groups is 1. The summed E-state index contributed by atoms with van der Waals surface area (Å²) in [7, 11) is 1.28. The molecule has 6 N–H and O–H groups in total. The Morgan fingerprint density at radius 3 is 2.85 bits per heavy atom. The van der Waals surface area contributed by atoms with Crippen molar-refractivity contribution >= 4 is 74.8 Å². The van der Waals surface area contributed by atoms with Crippen molar-refractivity contribution in [3.8, 4) is 0 Å². The van der Waals surface area contributed by atoms with Crippen molar-refractivity contribution in [3.05, 3.63) is 27.4 Å². The molecule has 2 aliphatic heterocycles. The number of hydrogen-bond donors (Lipinski definition) is 4. The summed E-state index contributed by atoms with van der Waals surface area (Å²) in [5.74, 6) is -1.71. The Morgan fingerprint density at radius 1 is 1.44 bits per heavy atom. The molecule has 4 rings (SSSR count). The fourth-order valence-electron chi connectivity index (χ4n) is 3.22. The van der Waals surface area contributed by atoms with Crippen LogP contribution < -0.4 is 16.8 Å². The van der Waals surface area contributed by atoms with Gasteiger partial charge in [-0.25, -0.2) is 9.78 Å². The van der Waals surface area contributed by atoms with Gasteiger partial charge in [-0.3, -0.25) is 14.5 Å². The van der Waals surface area contributed by atoms with Gasteiger partial charge in [0.25, 0.3) is 11.8 Å². The second-order valence-electron chi connectivity index (χ2n) is 6.77. The molecule has 0 unspecified atom stereocenters. The molecule has 17 heteroatoms. The zero-order valence-corrected chi connectivity index (χ0v) is 20.7. The maximum atomic E-state index is 12.9. The lowest BCUT2D eigenvalue weighted by Gasteiger charge is -2.49. The molecule has 0 saturated carbocycles. The van der Waals surface area contributed by atoms with Gasteiger partial charge in [0.15, 0.2) is 15.2 Å². The molecule has 13 nitrogen and oxygen atoms in total. The molecule has 2 aliphatic rings. The first-order chi connectivity index (χ1) is 16.3. The number of nitrogens with one attached hydrogen (secondary N) is 1. The Kier molecular flexibility index (Phi) is 7.36. The molecule has 0 aliphatic carbocycles. The number of rotatable bonds is 9. The number of fused-ring (bicyclic) bond motifs is 1. The van der Waals surface area contributed by atoms with Crippen molar-refractivity contribution in [2.75, 3.05) is 24.3 Å². The average Bonchev–Trinajstić information content (AvgIpc) is 3.47. The summed E-state index contributed by atoms with van der Waals surface area (Å²) in [5.41, 5.74) is 11.8. The van der Waals surface area contributed by atoms with Crippen molar-refractivity contribution in [3.63, 3.8) is 0 Å². The maximum absolute atomic E-state index is 12.9. The summed E-state index contributed by atoms with van der Waals surface area (Å²) in [6, 6.07) is -0.922. The largest absolute Gasteiger partial charge is 0.477 e. The third kappa shape index (κ3) is 4.74. The number of carbonyl (C=O) groups is 3. The lowest BCUT2D eigenvalue weighted by atomic mass is 10.0. The third-order valence-corrected chi connectivity index (χ3v) is 8.87. The number of amides is 2. The van der Waals surface area contributed by atoms with E-state index in [-0.39, 0.29) is 28.8 Å². The van der Waals surface area contributed by atoms with Gasteiger partial charge in [0.2, 0.25) is 0 Å². The SMILES string of the molecule is CON=C(C(=O)N[C@@H]1C(=O)N2C(C(=O)O)=C(CSc3nnc(CN)s3)CS[C@@H]12)c1csc(N)n1. The standard InChI is InChI=1S/C17H18N8O5S4/c1-30-24-9(7-5-32-16(19)20-7)12(26)21-10-13(27)25-11(15(28)29)6(3-31-14(10)25)4-33-17-23-22-8(2-18)34-17/h5,10,14H,2-4,18H2,1H3,(H2,19,20)(H,21,26)(H,28,29)/t10-,14+/m1/s1. The minimum atomic E-state index is -1.21. The molecule has 0 spiro atoms. The second-order valence-corrected chi connectivity index (χ2v) is 11.0. The molecule has 0 aromatic carbocycles. The molecule has 1 saturated heterocycles. The van der Waals surface area contributed by atoms with Crippen molar-refractivity contribution in [1.82, 2.24) is 25.4 Å². The number of aliphatic carboxylic acids is 1. The molecule has 2 atom stereocenters. The minimum Gasteiger partial charge on any atom is -0.477 e. The molecule has 4 heterocycles. The van der Waals surface area contributed by atoms with Gasteiger partial charge < -0.3 is 26.7 Å². The van der Waals surface area contributed by atoms with E-state index in [4.69, 9.17) is 16.3 Å². The summed E-state index contributed by atoms with van der Waals surface area (Å²) >= 11 is 5.16. The number of nitrogens with zero attached hydrogens (tertiary/aromatic N) is 5. The van der Waals surface area contributed by atoms with Crippen LogP contribution in [0.1, 0.15) is 10.7 Å². The number of hydrogen-bond acceptors (Lipinski definition) is 14. The van der Waals surface area contributed by atoms with E-state index in [1.54, 1.807) is 5.38 Å². The van der Waals surface area contributed by atoms with Crippen molar-refractivity contribution in [2.24, 2.45) is 10.9 Å². The minimum absolute atomic E-state index is 0.0756. The Balaban J connectivity index is 1.48. The molecule has 0 bridgehead atoms. The summed E-state index contributed by atoms with van der Waals surface area (Å²) in [4.78, 5) is 47.7. The molecule has 34 heavy (non-hydrogen) atoms. The fourth-order valence-corrected chi connectivity index (χ4v) is 7.03. The van der Waals surface area contributed by atoms with Crippen LogP contribution in [-0.4, -0.2) is 78.7 Å². The lowest BCUT2D eigenvalue weighted by molar-refractivity contribution is -0.150. The number of thiazole rings is 1. The highest BCUT2D eigenvalue weighted by atomic mass is 32.2. The maximum Gasteiger partial charge on any atom is 0.352 e. The van der Waals surface area contributed by atoms with Gasteiger partial charge in [0.1, 0.15) is 34.9 Å². The van der Waals surface area contributed by atoms with Gasteiger partial charge in [-0.1, -0.05) is 28.3 Å². The monoisotopic (exact) mass is 542 g/mol. The van der Waals surface area contributed by atoms with Crippen LogP contribution in [0.3, 0.4) is 0 Å². The zero-order chi connectivity index (χ0) is 24.4. The van der Waals surface area contributed by atoms with Crippen molar-refractivity contribution in [2.45, 2.75) is 22.3 Å². The van der Waals surface area contributed by atoms with Crippen LogP contribution in [-0.2, 0) is 25.8 Å². The predicted octanol–water partition coefficient (Wildman–Crippen LogP) is -0.0831. The third-order valence-electron chi connectivity index (χ3n) is 4.69. The molecule has 0 radical (unpaired) electrons. The van der Waals surface area contributed by atoms with Crippen LogP contribution >= 0.6 is 46.2 Å². The fraction of sp³-hybridized carbons (Fsp3) is 0.353. The van der Waals surface area contributed by atoms with Crippen molar-refractivity contribution in [1.29, 1.82) is 0 Å². The number of β-lactam (4-membered cyclic amide) rings is 1. The second kappa shape index (κ2) is 10.3. The Hall–Kier alpha value is -2.73. The first-order valence-corrected chi connectivity index (χ1v) is 13.3. The zero-order valence-electron chi connectivity index (χ0n) is 17.5. The van der Waals surface area contributed by atoms with Crippen LogP contribution in [0.5, 0.6) is 0 Å². The van der Waals surface area contributed by atoms with Gasteiger partial charge in [-0.05, 0) is 5.57 Å². The molecule has 1 fully saturated rings. The predicted molar refractivity (Wildman–Crippen MR) is 128 cm³/mol. The summed E-state index contributed by atoms with van der Waals surface area (Å²) in [6.07, 6.45) is 0. The van der Waals surface area contributed by atoms with Gasteiger partial charge >= 0.3 is 5.97 Å². The molecular weight excluding hydrogens is 525 g/mol. The van der Waals surface area contributed by atoms with E-state index in [0.717, 1.165) is 11.3 Å². The van der Waals surface area contributed by atoms with Gasteiger partial charge in [0.05, 0.1) is 0 Å². The molecule has 2 amide bonds. The van der Waals surface area contributed by atoms with E-state index >= 15 is 0 Å². The summed E-state index contributed by atoms with van der Waals surface area (Å²) in [6.45, 7) is 0.279. The van der Waals surface area contributed by atoms with Crippen LogP contribution in [0.15, 0.2) is 26.1 Å². The van der Waals surface area contributed by atoms with E-state index in [1.165, 1.54) is 46.9 Å². The molecule has 2 aromatic rings. The highest BCUT2D eigenvalue weighted by molar-refractivity contribution is 8.01. The Labute approximate surface area is 209 Å². The quantitative estimate of drug-likeness (QED) is 0.142. The van der Waals surface area contributed by atoms with Crippen LogP contribution in [0.2, 0.25) is 0 Å². The van der Waals surface area contributed by atoms with E-state index in [9.17, 15) is 19.5 Å². The molecule has 180 valence electrons. The smallest absolute Gasteiger partial charge is 0.352 e. The number of anilines is 1. The number of carboxylic acids is 1. The Morgan fingerprint density at radius 2 is 2.24 bits per heavy atom. The number of aromatic nitrogens is 3. The summed E-state index contributed by atoms with van der Waals surface area (Å²) in [5, 5.41) is 26.0. The first kappa shape index (κ1) is 24.4. The van der Waals surface area contributed by atoms with E-state index in [0.29, 0.717) is 26.4 Å². The van der Waals surface area contributed by atoms with Gasteiger partial charge in [-0.2, -0.15) is 0 Å². The van der Waals surface area contributed by atoms with Crippen LogP contribution in [0.25, 0.3) is 0 Å². The normalized spacial score (nSPS) is 20.1. The lowest BCUT2D eigenvalue weighted by Crippen LogP contribution is -2.71. The van der Waals surface area contributed by atoms with E-state index in [1.807, 2.05) is 0 Å². The van der Waals surface area contributed by atoms with E-state index < -0.39 is 29.2 Å². The van der Waals surface area contributed by atoms with Gasteiger partial charge in [-0.15, -0.1) is 33.3 Å². The first-order valence-electron chi connectivity index (χ1n) is 9.52. The summed E-state index contributed by atoms with van der Waals surface area (Å²) < 4.78 is 0.664. The van der Waals surface area contributed by atoms with Crippen molar-refractivity contribution < 1.29 is 24.3 Å². The van der Waals surface area contributed by atoms with Crippen LogP contribution in [0.4, 0.5) is 5.13 Å². The molecule has 2 aromatic heterocycles. The molecular formula is C17H18N8O5S4. The van der Waals surface area contributed by atoms with Crippen LogP contribution in [0, 0.1) is 0 Å². The number of nitrogen functional groups attached to an aromatic ring is 1. The average molecular weight is 543 g/mol. The number of thioether (sulfide) groups is 2. The van der Waals surface area contributed by atoms with E-state index in [2.05, 4.69) is 25.7 Å². The number of carbonyl (C=O) groups excluding carboxylic acids is 2. The topological polar surface area (TPSA) is 199 Å². The number of nitrogens with two attached hydrogens (primary N) is 2. The number of carboxylic acid groups (broad SMARTS) is 1. The Bertz CT molecular complexity index is 1190. The highest BCUT2D eigenvalue weighted by Crippen LogP contribution is 2.41. The highest BCUT2D eigenvalue weighted by Gasteiger charge is 2.54.